The lowest BCUT2D eigenvalue weighted by molar-refractivity contribution is 0.185. The van der Waals surface area contributed by atoms with Crippen molar-refractivity contribution in [2.24, 2.45) is 5.41 Å². The monoisotopic (exact) mass is 228 g/mol. The van der Waals surface area contributed by atoms with Crippen LogP contribution in [0.1, 0.15) is 53.4 Å². The zero-order valence-electron chi connectivity index (χ0n) is 10.4. The van der Waals surface area contributed by atoms with Gasteiger partial charge in [-0.1, -0.05) is 26.7 Å². The molecule has 2 N–H and O–H groups in total. The third-order valence-electron chi connectivity index (χ3n) is 3.23. The summed E-state index contributed by atoms with van der Waals surface area (Å²) in [6, 6.07) is 0.946. The Hall–Kier alpha value is -0.310. The van der Waals surface area contributed by atoms with E-state index in [1.165, 1.54) is 25.7 Å². The Labute approximate surface area is 99.2 Å². The largest absolute Gasteiger partial charge is 0.361 e. The predicted molar refractivity (Wildman–Crippen MR) is 70.0 cm³/mol. The summed E-state index contributed by atoms with van der Waals surface area (Å²) in [5.74, 6) is 0. The van der Waals surface area contributed by atoms with Gasteiger partial charge in [-0.25, -0.2) is 0 Å². The van der Waals surface area contributed by atoms with Crippen LogP contribution >= 0.6 is 12.2 Å². The summed E-state index contributed by atoms with van der Waals surface area (Å²) in [5.41, 5.74) is 0.376. The molecule has 15 heavy (non-hydrogen) atoms. The fourth-order valence-corrected chi connectivity index (χ4v) is 2.60. The van der Waals surface area contributed by atoms with Gasteiger partial charge in [0, 0.05) is 12.1 Å². The number of thiocarbonyl (C=S) groups is 1. The van der Waals surface area contributed by atoms with E-state index in [2.05, 4.69) is 38.3 Å². The van der Waals surface area contributed by atoms with Crippen LogP contribution < -0.4 is 10.6 Å². The molecule has 1 unspecified atom stereocenters. The Bertz CT molecular complexity index is 224. The quantitative estimate of drug-likeness (QED) is 0.711. The van der Waals surface area contributed by atoms with Crippen molar-refractivity contribution in [3.05, 3.63) is 0 Å². The van der Waals surface area contributed by atoms with Crippen LogP contribution in [0, 0.1) is 5.41 Å². The smallest absolute Gasteiger partial charge is 0.166 e. The van der Waals surface area contributed by atoms with Gasteiger partial charge in [-0.15, -0.1) is 0 Å². The Kier molecular flexibility index (Phi) is 4.38. The van der Waals surface area contributed by atoms with Gasteiger partial charge in [-0.05, 0) is 44.3 Å². The maximum Gasteiger partial charge on any atom is 0.166 e. The van der Waals surface area contributed by atoms with Gasteiger partial charge < -0.3 is 10.6 Å². The van der Waals surface area contributed by atoms with Crippen LogP contribution in [0.4, 0.5) is 0 Å². The average molecular weight is 228 g/mol. The Morgan fingerprint density at radius 2 is 2.00 bits per heavy atom. The molecule has 0 aliphatic heterocycles. The van der Waals surface area contributed by atoms with E-state index in [0.29, 0.717) is 17.5 Å². The highest BCUT2D eigenvalue weighted by Crippen LogP contribution is 2.35. The number of hydrogen-bond acceptors (Lipinski definition) is 1. The summed E-state index contributed by atoms with van der Waals surface area (Å²) >= 11 is 5.29. The van der Waals surface area contributed by atoms with Crippen molar-refractivity contribution in [1.29, 1.82) is 0 Å². The third-order valence-corrected chi connectivity index (χ3v) is 3.47. The maximum absolute atomic E-state index is 5.29. The summed E-state index contributed by atoms with van der Waals surface area (Å²) < 4.78 is 0. The summed E-state index contributed by atoms with van der Waals surface area (Å²) in [6.45, 7) is 8.89. The molecule has 0 bridgehead atoms. The third kappa shape index (κ3) is 3.98. The van der Waals surface area contributed by atoms with Gasteiger partial charge in [0.15, 0.2) is 5.11 Å². The van der Waals surface area contributed by atoms with Crippen LogP contribution in [-0.4, -0.2) is 17.2 Å². The zero-order valence-corrected chi connectivity index (χ0v) is 11.2. The highest BCUT2D eigenvalue weighted by Gasteiger charge is 2.32. The minimum absolute atomic E-state index is 0.376. The molecule has 0 aromatic carbocycles. The van der Waals surface area contributed by atoms with Gasteiger partial charge in [0.2, 0.25) is 0 Å². The number of nitrogens with one attached hydrogen (secondary N) is 2. The van der Waals surface area contributed by atoms with E-state index in [-0.39, 0.29) is 0 Å². The van der Waals surface area contributed by atoms with Gasteiger partial charge >= 0.3 is 0 Å². The summed E-state index contributed by atoms with van der Waals surface area (Å²) in [6.07, 6.45) is 5.23. The van der Waals surface area contributed by atoms with Crippen molar-refractivity contribution >= 4 is 17.3 Å². The first-order chi connectivity index (χ1) is 6.92. The highest BCUT2D eigenvalue weighted by atomic mass is 32.1. The first-order valence-corrected chi connectivity index (χ1v) is 6.39. The topological polar surface area (TPSA) is 24.1 Å². The molecule has 88 valence electrons. The van der Waals surface area contributed by atoms with E-state index >= 15 is 0 Å². The molecule has 0 saturated heterocycles. The minimum atomic E-state index is 0.376. The summed E-state index contributed by atoms with van der Waals surface area (Å²) in [7, 11) is 0. The molecule has 1 atom stereocenters. The highest BCUT2D eigenvalue weighted by molar-refractivity contribution is 7.80. The normalized spacial score (nSPS) is 25.0. The minimum Gasteiger partial charge on any atom is -0.361 e. The molecular formula is C12H24N2S. The molecule has 1 fully saturated rings. The van der Waals surface area contributed by atoms with E-state index < -0.39 is 0 Å². The Morgan fingerprint density at radius 3 is 2.53 bits per heavy atom. The molecule has 0 amide bonds. The van der Waals surface area contributed by atoms with Crippen LogP contribution in [-0.2, 0) is 0 Å². The van der Waals surface area contributed by atoms with E-state index in [1.807, 2.05) is 0 Å². The van der Waals surface area contributed by atoms with Crippen LogP contribution in [0.5, 0.6) is 0 Å². The fourth-order valence-electron chi connectivity index (χ4n) is 2.22. The maximum atomic E-state index is 5.29. The van der Waals surface area contributed by atoms with Gasteiger partial charge in [0.25, 0.3) is 0 Å². The summed E-state index contributed by atoms with van der Waals surface area (Å²) in [5, 5.41) is 7.52. The molecule has 0 aromatic rings. The lowest BCUT2D eigenvalue weighted by atomic mass is 9.73. The lowest BCUT2D eigenvalue weighted by Gasteiger charge is -2.39. The molecule has 1 rings (SSSR count). The molecule has 1 saturated carbocycles. The molecule has 0 heterocycles. The number of rotatable bonds is 2. The van der Waals surface area contributed by atoms with Crippen LogP contribution in [0.3, 0.4) is 0 Å². The standard InChI is InChI=1S/C12H24N2S/c1-9(2)13-11(15)14-10-7-5-6-8-12(10,3)4/h9-10H,5-8H2,1-4H3,(H2,13,14,15). The molecule has 1 aliphatic rings. The SMILES string of the molecule is CC(C)NC(=S)NC1CCCCC1(C)C. The van der Waals surface area contributed by atoms with Gasteiger partial charge in [-0.2, -0.15) is 0 Å². The van der Waals surface area contributed by atoms with Crippen LogP contribution in [0.25, 0.3) is 0 Å². The van der Waals surface area contributed by atoms with E-state index in [9.17, 15) is 0 Å². The van der Waals surface area contributed by atoms with Gasteiger partial charge in [0.1, 0.15) is 0 Å². The Morgan fingerprint density at radius 1 is 1.33 bits per heavy atom. The van der Waals surface area contributed by atoms with Gasteiger partial charge in [-0.3, -0.25) is 0 Å². The zero-order chi connectivity index (χ0) is 11.5. The molecule has 0 radical (unpaired) electrons. The van der Waals surface area contributed by atoms with Crippen molar-refractivity contribution in [1.82, 2.24) is 10.6 Å². The lowest BCUT2D eigenvalue weighted by Crippen LogP contribution is -2.51. The second-order valence-corrected chi connectivity index (χ2v) is 5.97. The first-order valence-electron chi connectivity index (χ1n) is 5.99. The van der Waals surface area contributed by atoms with Crippen LogP contribution in [0.2, 0.25) is 0 Å². The molecule has 3 heteroatoms. The predicted octanol–water partition coefficient (Wildman–Crippen LogP) is 2.83. The van der Waals surface area contributed by atoms with Crippen molar-refractivity contribution in [3.8, 4) is 0 Å². The molecular weight excluding hydrogens is 204 g/mol. The van der Waals surface area contributed by atoms with Gasteiger partial charge in [0.05, 0.1) is 0 Å². The van der Waals surface area contributed by atoms with Crippen molar-refractivity contribution < 1.29 is 0 Å². The molecule has 2 nitrogen and oxygen atoms in total. The van der Waals surface area contributed by atoms with E-state index in [0.717, 1.165) is 5.11 Å². The fraction of sp³-hybridized carbons (Fsp3) is 0.917. The second kappa shape index (κ2) is 5.15. The van der Waals surface area contributed by atoms with Crippen LogP contribution in [0.15, 0.2) is 0 Å². The van der Waals surface area contributed by atoms with E-state index in [4.69, 9.17) is 12.2 Å². The molecule has 1 aliphatic carbocycles. The van der Waals surface area contributed by atoms with Crippen molar-refractivity contribution in [2.75, 3.05) is 0 Å². The summed E-state index contributed by atoms with van der Waals surface area (Å²) in [4.78, 5) is 0. The second-order valence-electron chi connectivity index (χ2n) is 5.56. The van der Waals surface area contributed by atoms with Crippen molar-refractivity contribution in [3.63, 3.8) is 0 Å². The Balaban J connectivity index is 2.45. The molecule has 0 aromatic heterocycles. The van der Waals surface area contributed by atoms with E-state index in [1.54, 1.807) is 0 Å². The van der Waals surface area contributed by atoms with Crippen molar-refractivity contribution in [2.45, 2.75) is 65.5 Å². The first kappa shape index (κ1) is 12.8. The molecule has 0 spiro atoms. The number of hydrogen-bond donors (Lipinski definition) is 2. The average Bonchev–Trinajstić information content (AvgIpc) is 2.07.